The number of amides is 1. The van der Waals surface area contributed by atoms with E-state index < -0.39 is 0 Å². The molecule has 0 bridgehead atoms. The summed E-state index contributed by atoms with van der Waals surface area (Å²) >= 11 is 1.55. The van der Waals surface area contributed by atoms with Crippen molar-refractivity contribution in [3.63, 3.8) is 0 Å². The highest BCUT2D eigenvalue weighted by Gasteiger charge is 2.15. The monoisotopic (exact) mass is 265 g/mol. The van der Waals surface area contributed by atoms with E-state index >= 15 is 0 Å². The molecule has 0 saturated carbocycles. The molecular formula is C14H19NO2S. The second kappa shape index (κ2) is 7.95. The Labute approximate surface area is 112 Å². The summed E-state index contributed by atoms with van der Waals surface area (Å²) in [4.78, 5) is 11.7. The van der Waals surface area contributed by atoms with E-state index in [0.717, 1.165) is 5.56 Å². The number of hydrogen-bond acceptors (Lipinski definition) is 3. The Morgan fingerprint density at radius 3 is 2.67 bits per heavy atom. The number of carbonyl (C=O) groups excluding carboxylic acids is 1. The smallest absolute Gasteiger partial charge is 0.244 e. The number of carbonyl (C=O) groups is 1. The zero-order valence-corrected chi connectivity index (χ0v) is 11.5. The van der Waals surface area contributed by atoms with Crippen LogP contribution in [0.3, 0.4) is 0 Å². The molecular weight excluding hydrogens is 246 g/mol. The first-order valence-electron chi connectivity index (χ1n) is 5.84. The fourth-order valence-corrected chi connectivity index (χ4v) is 2.16. The average molecular weight is 265 g/mol. The van der Waals surface area contributed by atoms with Crippen LogP contribution in [0.15, 0.2) is 36.4 Å². The van der Waals surface area contributed by atoms with Crippen LogP contribution in [0, 0.1) is 0 Å². The SMILES string of the molecule is CSC(CO)C(C)NC(=O)/C=C/c1ccccc1. The second-order valence-electron chi connectivity index (χ2n) is 4.00. The Morgan fingerprint density at radius 2 is 2.11 bits per heavy atom. The van der Waals surface area contributed by atoms with Crippen molar-refractivity contribution in [2.24, 2.45) is 0 Å². The maximum atomic E-state index is 11.7. The molecule has 4 heteroatoms. The minimum atomic E-state index is -0.140. The summed E-state index contributed by atoms with van der Waals surface area (Å²) in [6.07, 6.45) is 5.21. The summed E-state index contributed by atoms with van der Waals surface area (Å²) in [6, 6.07) is 9.60. The highest BCUT2D eigenvalue weighted by Crippen LogP contribution is 2.10. The van der Waals surface area contributed by atoms with Gasteiger partial charge in [0, 0.05) is 17.4 Å². The summed E-state index contributed by atoms with van der Waals surface area (Å²) in [5.74, 6) is -0.140. The zero-order chi connectivity index (χ0) is 13.4. The molecule has 0 radical (unpaired) electrons. The third-order valence-electron chi connectivity index (χ3n) is 2.64. The van der Waals surface area contributed by atoms with Crippen LogP contribution in [0.2, 0.25) is 0 Å². The molecule has 0 aromatic heterocycles. The van der Waals surface area contributed by atoms with E-state index in [9.17, 15) is 4.79 Å². The Bertz CT molecular complexity index is 388. The Hall–Kier alpha value is -1.26. The van der Waals surface area contributed by atoms with E-state index in [-0.39, 0.29) is 23.8 Å². The summed E-state index contributed by atoms with van der Waals surface area (Å²) in [6.45, 7) is 1.96. The second-order valence-corrected chi connectivity index (χ2v) is 5.07. The minimum Gasteiger partial charge on any atom is -0.395 e. The van der Waals surface area contributed by atoms with Gasteiger partial charge in [-0.15, -0.1) is 0 Å². The lowest BCUT2D eigenvalue weighted by Crippen LogP contribution is -2.40. The first-order chi connectivity index (χ1) is 8.67. The van der Waals surface area contributed by atoms with Gasteiger partial charge in [0.2, 0.25) is 5.91 Å². The highest BCUT2D eigenvalue weighted by atomic mass is 32.2. The van der Waals surface area contributed by atoms with Gasteiger partial charge < -0.3 is 10.4 Å². The topological polar surface area (TPSA) is 49.3 Å². The lowest BCUT2D eigenvalue weighted by Gasteiger charge is -2.20. The number of thioether (sulfide) groups is 1. The molecule has 3 nitrogen and oxygen atoms in total. The third-order valence-corrected chi connectivity index (χ3v) is 3.80. The number of nitrogens with one attached hydrogen (secondary N) is 1. The molecule has 2 atom stereocenters. The summed E-state index contributed by atoms with van der Waals surface area (Å²) in [5, 5.41) is 12.0. The fourth-order valence-electron chi connectivity index (χ4n) is 1.54. The van der Waals surface area contributed by atoms with Gasteiger partial charge in [0.1, 0.15) is 0 Å². The number of aliphatic hydroxyl groups excluding tert-OH is 1. The molecule has 0 spiro atoms. The standard InChI is InChI=1S/C14H19NO2S/c1-11(13(10-16)18-2)15-14(17)9-8-12-6-4-3-5-7-12/h3-9,11,13,16H,10H2,1-2H3,(H,15,17)/b9-8+. The van der Waals surface area contributed by atoms with Crippen LogP contribution in [-0.4, -0.2) is 35.2 Å². The van der Waals surface area contributed by atoms with Crippen LogP contribution < -0.4 is 5.32 Å². The van der Waals surface area contributed by atoms with Gasteiger partial charge in [-0.05, 0) is 24.8 Å². The number of rotatable bonds is 6. The van der Waals surface area contributed by atoms with Crippen LogP contribution in [0.25, 0.3) is 6.08 Å². The third kappa shape index (κ3) is 4.94. The van der Waals surface area contributed by atoms with Crippen molar-refractivity contribution in [2.45, 2.75) is 18.2 Å². The van der Waals surface area contributed by atoms with E-state index in [2.05, 4.69) is 5.32 Å². The van der Waals surface area contributed by atoms with Crippen molar-refractivity contribution in [3.05, 3.63) is 42.0 Å². The predicted molar refractivity (Wildman–Crippen MR) is 77.5 cm³/mol. The lowest BCUT2D eigenvalue weighted by molar-refractivity contribution is -0.117. The zero-order valence-electron chi connectivity index (χ0n) is 10.7. The van der Waals surface area contributed by atoms with Crippen molar-refractivity contribution in [1.29, 1.82) is 0 Å². The number of benzene rings is 1. The van der Waals surface area contributed by atoms with E-state index in [4.69, 9.17) is 5.11 Å². The van der Waals surface area contributed by atoms with Crippen molar-refractivity contribution < 1.29 is 9.90 Å². The Kier molecular flexibility index (Phi) is 6.54. The maximum absolute atomic E-state index is 11.7. The van der Waals surface area contributed by atoms with Crippen molar-refractivity contribution >= 4 is 23.7 Å². The lowest BCUT2D eigenvalue weighted by atomic mass is 10.2. The largest absolute Gasteiger partial charge is 0.395 e. The van der Waals surface area contributed by atoms with Crippen LogP contribution in [-0.2, 0) is 4.79 Å². The quantitative estimate of drug-likeness (QED) is 0.773. The first-order valence-corrected chi connectivity index (χ1v) is 7.13. The van der Waals surface area contributed by atoms with Gasteiger partial charge in [-0.25, -0.2) is 0 Å². The van der Waals surface area contributed by atoms with Crippen LogP contribution >= 0.6 is 11.8 Å². The summed E-state index contributed by atoms with van der Waals surface area (Å²) < 4.78 is 0. The Morgan fingerprint density at radius 1 is 1.44 bits per heavy atom. The molecule has 2 N–H and O–H groups in total. The van der Waals surface area contributed by atoms with Gasteiger partial charge in [0.05, 0.1) is 6.61 Å². The molecule has 1 amide bonds. The summed E-state index contributed by atoms with van der Waals surface area (Å²) in [7, 11) is 0. The van der Waals surface area contributed by atoms with Gasteiger partial charge in [0.25, 0.3) is 0 Å². The molecule has 0 aliphatic carbocycles. The van der Waals surface area contributed by atoms with E-state index in [0.29, 0.717) is 0 Å². The van der Waals surface area contributed by atoms with Crippen LogP contribution in [0.4, 0.5) is 0 Å². The molecule has 1 aromatic rings. The molecule has 0 aliphatic heterocycles. The maximum Gasteiger partial charge on any atom is 0.244 e. The van der Waals surface area contributed by atoms with Crippen molar-refractivity contribution in [3.8, 4) is 0 Å². The molecule has 18 heavy (non-hydrogen) atoms. The molecule has 0 saturated heterocycles. The van der Waals surface area contributed by atoms with Crippen molar-refractivity contribution in [2.75, 3.05) is 12.9 Å². The van der Waals surface area contributed by atoms with E-state index in [1.807, 2.05) is 43.5 Å². The van der Waals surface area contributed by atoms with Gasteiger partial charge in [-0.2, -0.15) is 11.8 Å². The van der Waals surface area contributed by atoms with Gasteiger partial charge in [0.15, 0.2) is 0 Å². The Balaban J connectivity index is 2.49. The van der Waals surface area contributed by atoms with Crippen molar-refractivity contribution in [1.82, 2.24) is 5.32 Å². The van der Waals surface area contributed by atoms with Gasteiger partial charge >= 0.3 is 0 Å². The molecule has 0 heterocycles. The molecule has 98 valence electrons. The normalized spacial score (nSPS) is 14.4. The number of hydrogen-bond donors (Lipinski definition) is 2. The minimum absolute atomic E-state index is 0.0269. The number of aliphatic hydroxyl groups is 1. The molecule has 0 fully saturated rings. The predicted octanol–water partition coefficient (Wildman–Crippen LogP) is 1.93. The fraction of sp³-hybridized carbons (Fsp3) is 0.357. The van der Waals surface area contributed by atoms with E-state index in [1.54, 1.807) is 17.8 Å². The van der Waals surface area contributed by atoms with Crippen LogP contribution in [0.1, 0.15) is 12.5 Å². The molecule has 1 rings (SSSR count). The molecule has 0 aliphatic rings. The molecule has 2 unspecified atom stereocenters. The van der Waals surface area contributed by atoms with Gasteiger partial charge in [-0.3, -0.25) is 4.79 Å². The molecule has 1 aromatic carbocycles. The average Bonchev–Trinajstić information content (AvgIpc) is 2.39. The van der Waals surface area contributed by atoms with E-state index in [1.165, 1.54) is 6.08 Å². The first kappa shape index (κ1) is 14.8. The van der Waals surface area contributed by atoms with Crippen LogP contribution in [0.5, 0.6) is 0 Å². The van der Waals surface area contributed by atoms with Gasteiger partial charge in [-0.1, -0.05) is 30.3 Å². The summed E-state index contributed by atoms with van der Waals surface area (Å²) in [5.41, 5.74) is 0.990. The highest BCUT2D eigenvalue weighted by molar-refractivity contribution is 7.99.